The van der Waals surface area contributed by atoms with Crippen LogP contribution in [0.4, 0.5) is 0 Å². The van der Waals surface area contributed by atoms with E-state index in [1.54, 1.807) is 0 Å². The fourth-order valence-electron chi connectivity index (χ4n) is 2.54. The van der Waals surface area contributed by atoms with Crippen LogP contribution in [-0.4, -0.2) is 47.3 Å². The van der Waals surface area contributed by atoms with Gasteiger partial charge < -0.3 is 15.1 Å². The van der Waals surface area contributed by atoms with Crippen molar-refractivity contribution in [2.45, 2.75) is 77.2 Å². The van der Waals surface area contributed by atoms with E-state index >= 15 is 0 Å². The van der Waals surface area contributed by atoms with Gasteiger partial charge in [-0.05, 0) is 12.8 Å². The first-order valence-electron chi connectivity index (χ1n) is 8.14. The van der Waals surface area contributed by atoms with E-state index in [0.29, 0.717) is 13.0 Å². The largest absolute Gasteiger partial charge is 0.400 e. The number of nitrogens with zero attached hydrogens (tertiary/aromatic N) is 1. The monoisotopic (exact) mass is 471 g/mol. The Kier molecular flexibility index (Phi) is 18.3. The predicted octanol–water partition coefficient (Wildman–Crippen LogP) is 2.72. The molecule has 0 aromatic carbocycles. The zero-order chi connectivity index (χ0) is 15.2. The molecule has 0 aromatic rings. The summed E-state index contributed by atoms with van der Waals surface area (Å²) in [5.41, 5.74) is 0. The molecule has 0 bridgehead atoms. The van der Waals surface area contributed by atoms with Crippen molar-refractivity contribution in [2.75, 3.05) is 20.2 Å². The van der Waals surface area contributed by atoms with Crippen molar-refractivity contribution in [2.24, 2.45) is 0 Å². The van der Waals surface area contributed by atoms with Crippen molar-refractivity contribution in [1.29, 1.82) is 0 Å². The molecule has 1 fully saturated rings. The van der Waals surface area contributed by atoms with Gasteiger partial charge in [0, 0.05) is 47.7 Å². The molecule has 4 nitrogen and oxygen atoms in total. The van der Waals surface area contributed by atoms with Gasteiger partial charge in [-0.1, -0.05) is 51.9 Å². The van der Waals surface area contributed by atoms with Crippen molar-refractivity contribution in [3.8, 4) is 0 Å². The van der Waals surface area contributed by atoms with E-state index in [4.69, 9.17) is 5.11 Å². The molecule has 0 saturated carbocycles. The number of unbranched alkanes of at least 4 members (excludes halogenated alkanes) is 7. The number of carbonyl (C=O) groups excluding carboxylic acids is 1. The molecule has 0 radical (unpaired) electrons. The zero-order valence-corrected chi connectivity index (χ0v) is 16.7. The average Bonchev–Trinajstić information content (AvgIpc) is 2.90. The molecule has 1 atom stereocenters. The summed E-state index contributed by atoms with van der Waals surface area (Å²) in [5, 5.41) is 16.4. The Balaban J connectivity index is 0. The van der Waals surface area contributed by atoms with E-state index in [1.807, 2.05) is 4.90 Å². The Labute approximate surface area is 144 Å². The molecule has 5 heteroatoms. The van der Waals surface area contributed by atoms with Gasteiger partial charge in [-0.25, -0.2) is 0 Å². The first-order chi connectivity index (χ1) is 9.74. The summed E-state index contributed by atoms with van der Waals surface area (Å²) in [6.45, 7) is 3.54. The van der Waals surface area contributed by atoms with Crippen LogP contribution in [0.2, 0.25) is 0 Å². The minimum atomic E-state index is -0.285. The molecular weight excluding hydrogens is 438 g/mol. The van der Waals surface area contributed by atoms with E-state index in [-0.39, 0.29) is 33.1 Å². The van der Waals surface area contributed by atoms with Crippen molar-refractivity contribution in [3.63, 3.8) is 0 Å². The molecule has 0 aromatic heterocycles. The molecule has 0 aliphatic carbocycles. The maximum Gasteiger partial charge on any atom is 0.222 e. The molecule has 126 valence electrons. The number of aliphatic hydroxyl groups is 2. The number of aliphatic hydroxyl groups excluding tert-OH is 2. The summed E-state index contributed by atoms with van der Waals surface area (Å²) in [6.07, 6.45) is 11.3. The van der Waals surface area contributed by atoms with Gasteiger partial charge in [0.1, 0.15) is 0 Å². The molecule has 1 rings (SSSR count). The fraction of sp³-hybridized carbons (Fsp3) is 0.938. The number of carbonyl (C=O) groups is 1. The zero-order valence-electron chi connectivity index (χ0n) is 13.7. The van der Waals surface area contributed by atoms with Gasteiger partial charge in [0.25, 0.3) is 0 Å². The Morgan fingerprint density at radius 2 is 1.57 bits per heavy atom. The molecule has 1 amide bonds. The standard InChI is InChI=1S/C15H29NO2.CH4O.W/c1-2-3-4-5-6-7-8-9-10-15(18)16-12-11-14(17)13-16;1-2;/h14,17H,2-13H2,1H3;2H,1H3;. The number of β-amino-alcohol motifs (C(OH)–C–C–N with tert-alkyl or cyclic N) is 1. The number of amides is 1. The van der Waals surface area contributed by atoms with Crippen LogP contribution in [0.25, 0.3) is 0 Å². The molecular formula is C16H33NO3W. The topological polar surface area (TPSA) is 60.8 Å². The number of rotatable bonds is 9. The van der Waals surface area contributed by atoms with Crippen molar-refractivity contribution in [1.82, 2.24) is 4.90 Å². The molecule has 1 unspecified atom stereocenters. The quantitative estimate of drug-likeness (QED) is 0.509. The van der Waals surface area contributed by atoms with Gasteiger partial charge in [0.15, 0.2) is 0 Å². The van der Waals surface area contributed by atoms with Gasteiger partial charge in [-0.3, -0.25) is 4.79 Å². The minimum Gasteiger partial charge on any atom is -0.400 e. The molecule has 1 saturated heterocycles. The van der Waals surface area contributed by atoms with E-state index in [2.05, 4.69) is 6.92 Å². The smallest absolute Gasteiger partial charge is 0.222 e. The van der Waals surface area contributed by atoms with E-state index in [9.17, 15) is 9.90 Å². The summed E-state index contributed by atoms with van der Waals surface area (Å²) in [7, 11) is 1.00. The van der Waals surface area contributed by atoms with Crippen LogP contribution in [0, 0.1) is 0 Å². The minimum absolute atomic E-state index is 0. The Morgan fingerprint density at radius 1 is 1.05 bits per heavy atom. The molecule has 2 N–H and O–H groups in total. The predicted molar refractivity (Wildman–Crippen MR) is 82.6 cm³/mol. The van der Waals surface area contributed by atoms with Gasteiger partial charge in [-0.2, -0.15) is 0 Å². The van der Waals surface area contributed by atoms with Gasteiger partial charge >= 0.3 is 0 Å². The Hall–Kier alpha value is 0.0783. The van der Waals surface area contributed by atoms with Crippen LogP contribution in [-0.2, 0) is 25.9 Å². The average molecular weight is 471 g/mol. The van der Waals surface area contributed by atoms with Crippen LogP contribution in [0.1, 0.15) is 71.1 Å². The molecule has 1 aliphatic heterocycles. The summed E-state index contributed by atoms with van der Waals surface area (Å²) in [6, 6.07) is 0. The van der Waals surface area contributed by atoms with E-state index < -0.39 is 0 Å². The van der Waals surface area contributed by atoms with E-state index in [1.165, 1.54) is 44.9 Å². The van der Waals surface area contributed by atoms with Crippen LogP contribution in [0.5, 0.6) is 0 Å². The first-order valence-corrected chi connectivity index (χ1v) is 8.14. The SMILES string of the molecule is CCCCCCCCCCC(=O)N1CCC(O)C1.CO.[W]. The Morgan fingerprint density at radius 3 is 2.05 bits per heavy atom. The maximum atomic E-state index is 11.8. The van der Waals surface area contributed by atoms with Crippen molar-refractivity contribution < 1.29 is 36.1 Å². The number of hydrogen-bond acceptors (Lipinski definition) is 3. The summed E-state index contributed by atoms with van der Waals surface area (Å²) in [4.78, 5) is 13.6. The summed E-state index contributed by atoms with van der Waals surface area (Å²) >= 11 is 0. The van der Waals surface area contributed by atoms with Gasteiger partial charge in [0.05, 0.1) is 6.10 Å². The van der Waals surface area contributed by atoms with Crippen LogP contribution >= 0.6 is 0 Å². The summed E-state index contributed by atoms with van der Waals surface area (Å²) in [5.74, 6) is 0.234. The third kappa shape index (κ3) is 12.3. The molecule has 1 heterocycles. The second-order valence-corrected chi connectivity index (χ2v) is 5.51. The third-order valence-corrected chi connectivity index (χ3v) is 3.76. The van der Waals surface area contributed by atoms with Gasteiger partial charge in [-0.15, -0.1) is 0 Å². The van der Waals surface area contributed by atoms with E-state index in [0.717, 1.165) is 26.5 Å². The Bertz CT molecular complexity index is 240. The summed E-state index contributed by atoms with van der Waals surface area (Å²) < 4.78 is 0. The number of likely N-dealkylation sites (tertiary alicyclic amines) is 1. The van der Waals surface area contributed by atoms with Crippen LogP contribution in [0.3, 0.4) is 0 Å². The second-order valence-electron chi connectivity index (χ2n) is 5.51. The third-order valence-electron chi connectivity index (χ3n) is 3.76. The van der Waals surface area contributed by atoms with Crippen molar-refractivity contribution >= 4 is 5.91 Å². The maximum absolute atomic E-state index is 11.8. The molecule has 0 spiro atoms. The number of hydrogen-bond donors (Lipinski definition) is 2. The van der Waals surface area contributed by atoms with Crippen molar-refractivity contribution in [3.05, 3.63) is 0 Å². The normalized spacial score (nSPS) is 17.0. The molecule has 1 aliphatic rings. The van der Waals surface area contributed by atoms with Crippen LogP contribution < -0.4 is 0 Å². The van der Waals surface area contributed by atoms with Gasteiger partial charge in [0.2, 0.25) is 5.91 Å². The first kappa shape index (κ1) is 23.3. The molecule has 21 heavy (non-hydrogen) atoms. The fourth-order valence-corrected chi connectivity index (χ4v) is 2.54. The van der Waals surface area contributed by atoms with Crippen LogP contribution in [0.15, 0.2) is 0 Å². The second kappa shape index (κ2) is 16.4.